The molecule has 0 amide bonds. The first-order valence-corrected chi connectivity index (χ1v) is 9.58. The predicted octanol–water partition coefficient (Wildman–Crippen LogP) is 5.23. The number of aromatic nitrogens is 1. The van der Waals surface area contributed by atoms with Gasteiger partial charge in [0.15, 0.2) is 0 Å². The maximum absolute atomic E-state index is 5.87. The van der Waals surface area contributed by atoms with Gasteiger partial charge in [-0.25, -0.2) is 0 Å². The van der Waals surface area contributed by atoms with E-state index < -0.39 is 0 Å². The van der Waals surface area contributed by atoms with Crippen LogP contribution in [0.5, 0.6) is 0 Å². The lowest BCUT2D eigenvalue weighted by Crippen LogP contribution is -2.20. The molecular weight excluding hydrogens is 304 g/mol. The Balaban J connectivity index is 1.65. The number of benzene rings is 2. The second-order valence-electron chi connectivity index (χ2n) is 7.67. The van der Waals surface area contributed by atoms with Gasteiger partial charge in [-0.15, -0.1) is 0 Å². The molecule has 2 aromatic carbocycles. The molecule has 2 nitrogen and oxygen atoms in total. The molecule has 130 valence electrons. The highest BCUT2D eigenvalue weighted by Gasteiger charge is 2.24. The van der Waals surface area contributed by atoms with E-state index in [2.05, 4.69) is 66.2 Å². The molecular formula is C23H28N2. The molecule has 0 radical (unpaired) electrons. The Morgan fingerprint density at radius 2 is 1.68 bits per heavy atom. The van der Waals surface area contributed by atoms with Crippen molar-refractivity contribution >= 4 is 10.9 Å². The molecule has 2 N–H and O–H groups in total. The molecule has 0 atom stereocenters. The van der Waals surface area contributed by atoms with Crippen molar-refractivity contribution in [3.63, 3.8) is 0 Å². The molecule has 0 bridgehead atoms. The molecule has 1 aliphatic rings. The number of nitrogens with zero attached hydrogens (tertiary/aromatic N) is 1. The van der Waals surface area contributed by atoms with Crippen LogP contribution >= 0.6 is 0 Å². The van der Waals surface area contributed by atoms with Crippen LogP contribution in [-0.2, 0) is 6.54 Å². The quantitative estimate of drug-likeness (QED) is 0.697. The number of fused-ring (bicyclic) bond motifs is 1. The van der Waals surface area contributed by atoms with E-state index in [0.717, 1.165) is 19.0 Å². The van der Waals surface area contributed by atoms with Gasteiger partial charge in [-0.05, 0) is 68.2 Å². The van der Waals surface area contributed by atoms with Crippen LogP contribution in [0.4, 0.5) is 0 Å². The van der Waals surface area contributed by atoms with E-state index in [4.69, 9.17) is 5.73 Å². The van der Waals surface area contributed by atoms with Crippen LogP contribution < -0.4 is 5.73 Å². The van der Waals surface area contributed by atoms with Crippen LogP contribution in [-0.4, -0.2) is 11.1 Å². The van der Waals surface area contributed by atoms with Crippen molar-refractivity contribution in [3.05, 3.63) is 71.4 Å². The zero-order chi connectivity index (χ0) is 17.2. The average molecular weight is 332 g/mol. The third-order valence-electron chi connectivity index (χ3n) is 5.91. The van der Waals surface area contributed by atoms with Crippen LogP contribution in [0.25, 0.3) is 10.9 Å². The summed E-state index contributed by atoms with van der Waals surface area (Å²) < 4.78 is 2.43. The number of rotatable bonds is 4. The minimum atomic E-state index is 0.687. The summed E-state index contributed by atoms with van der Waals surface area (Å²) in [5, 5.41) is 1.44. The third-order valence-corrected chi connectivity index (χ3v) is 5.91. The van der Waals surface area contributed by atoms with Crippen molar-refractivity contribution in [2.75, 3.05) is 6.54 Å². The molecule has 1 fully saturated rings. The first kappa shape index (κ1) is 16.4. The van der Waals surface area contributed by atoms with Gasteiger partial charge < -0.3 is 10.3 Å². The molecule has 0 spiro atoms. The molecule has 1 aliphatic carbocycles. The lowest BCUT2D eigenvalue weighted by Gasteiger charge is -2.27. The highest BCUT2D eigenvalue weighted by atomic mass is 15.0. The van der Waals surface area contributed by atoms with Crippen molar-refractivity contribution in [2.24, 2.45) is 11.7 Å². The number of hydrogen-bond donors (Lipinski definition) is 1. The Morgan fingerprint density at radius 1 is 0.960 bits per heavy atom. The predicted molar refractivity (Wildman–Crippen MR) is 106 cm³/mol. The molecule has 4 rings (SSSR count). The summed E-state index contributed by atoms with van der Waals surface area (Å²) in [7, 11) is 0. The van der Waals surface area contributed by atoms with E-state index in [1.165, 1.54) is 53.3 Å². The summed E-state index contributed by atoms with van der Waals surface area (Å²) in [6.07, 6.45) is 7.52. The lowest BCUT2D eigenvalue weighted by atomic mass is 9.79. The van der Waals surface area contributed by atoms with Crippen LogP contribution in [0, 0.1) is 12.8 Å². The number of para-hydroxylation sites is 1. The average Bonchev–Trinajstić information content (AvgIpc) is 3.02. The van der Waals surface area contributed by atoms with E-state index in [-0.39, 0.29) is 0 Å². The normalized spacial score (nSPS) is 20.9. The molecule has 2 heteroatoms. The van der Waals surface area contributed by atoms with Gasteiger partial charge in [-0.3, -0.25) is 0 Å². The Labute approximate surface area is 150 Å². The summed E-state index contributed by atoms with van der Waals surface area (Å²) in [5.41, 5.74) is 11.5. The molecule has 0 aliphatic heterocycles. The molecule has 1 saturated carbocycles. The molecule has 1 heterocycles. The minimum Gasteiger partial charge on any atom is -0.343 e. The van der Waals surface area contributed by atoms with E-state index in [9.17, 15) is 0 Å². The van der Waals surface area contributed by atoms with Crippen LogP contribution in [0.2, 0.25) is 0 Å². The first-order chi connectivity index (χ1) is 12.2. The number of hydrogen-bond acceptors (Lipinski definition) is 1. The fourth-order valence-corrected chi connectivity index (χ4v) is 4.33. The number of aryl methyl sites for hydroxylation is 1. The summed E-state index contributed by atoms with van der Waals surface area (Å²) in [6, 6.07) is 17.8. The van der Waals surface area contributed by atoms with Crippen molar-refractivity contribution < 1.29 is 0 Å². The lowest BCUT2D eigenvalue weighted by molar-refractivity contribution is 0.333. The maximum atomic E-state index is 5.87. The zero-order valence-corrected chi connectivity index (χ0v) is 15.1. The van der Waals surface area contributed by atoms with E-state index in [1.807, 2.05) is 0 Å². The summed E-state index contributed by atoms with van der Waals surface area (Å²) in [5.74, 6) is 1.42. The monoisotopic (exact) mass is 332 g/mol. The Bertz CT molecular complexity index is 836. The maximum Gasteiger partial charge on any atom is 0.0486 e. The minimum absolute atomic E-state index is 0.687. The molecule has 0 unspecified atom stereocenters. The Morgan fingerprint density at radius 3 is 2.40 bits per heavy atom. The van der Waals surface area contributed by atoms with Crippen molar-refractivity contribution in [1.29, 1.82) is 0 Å². The van der Waals surface area contributed by atoms with E-state index in [0.29, 0.717) is 5.92 Å². The fraction of sp³-hybridized carbons (Fsp3) is 0.391. The summed E-state index contributed by atoms with van der Waals surface area (Å²) in [6.45, 7) is 3.94. The Kier molecular flexibility index (Phi) is 4.63. The van der Waals surface area contributed by atoms with E-state index in [1.54, 1.807) is 0 Å². The van der Waals surface area contributed by atoms with Crippen molar-refractivity contribution in [2.45, 2.75) is 45.1 Å². The largest absolute Gasteiger partial charge is 0.343 e. The van der Waals surface area contributed by atoms with Gasteiger partial charge >= 0.3 is 0 Å². The van der Waals surface area contributed by atoms with Gasteiger partial charge in [0, 0.05) is 23.6 Å². The second-order valence-corrected chi connectivity index (χ2v) is 7.67. The van der Waals surface area contributed by atoms with Crippen molar-refractivity contribution in [3.8, 4) is 0 Å². The molecule has 25 heavy (non-hydrogen) atoms. The third kappa shape index (κ3) is 3.36. The smallest absolute Gasteiger partial charge is 0.0486 e. The first-order valence-electron chi connectivity index (χ1n) is 9.58. The standard InChI is InChI=1S/C23H28N2/c1-17-6-8-19(9-7-17)15-25-16-22(21-4-2-3-5-23(21)25)20-12-10-18(14-24)11-13-20/h2-9,16,18,20H,10-15,24H2,1H3. The zero-order valence-electron chi connectivity index (χ0n) is 15.1. The molecule has 1 aromatic heterocycles. The Hall–Kier alpha value is -2.06. The fourth-order valence-electron chi connectivity index (χ4n) is 4.33. The van der Waals surface area contributed by atoms with Crippen LogP contribution in [0.3, 0.4) is 0 Å². The van der Waals surface area contributed by atoms with Crippen molar-refractivity contribution in [1.82, 2.24) is 4.57 Å². The van der Waals surface area contributed by atoms with Gasteiger partial charge in [0.1, 0.15) is 0 Å². The SMILES string of the molecule is Cc1ccc(Cn2cc(C3CCC(CN)CC3)c3ccccc32)cc1. The molecule has 3 aromatic rings. The topological polar surface area (TPSA) is 30.9 Å². The van der Waals surface area contributed by atoms with Gasteiger partial charge in [0.25, 0.3) is 0 Å². The van der Waals surface area contributed by atoms with E-state index >= 15 is 0 Å². The highest BCUT2D eigenvalue weighted by molar-refractivity contribution is 5.84. The van der Waals surface area contributed by atoms with Gasteiger partial charge in [-0.1, -0.05) is 48.0 Å². The summed E-state index contributed by atoms with van der Waals surface area (Å²) in [4.78, 5) is 0. The van der Waals surface area contributed by atoms with Crippen LogP contribution in [0.1, 0.15) is 48.3 Å². The second kappa shape index (κ2) is 7.05. The van der Waals surface area contributed by atoms with Crippen LogP contribution in [0.15, 0.2) is 54.7 Å². The van der Waals surface area contributed by atoms with Gasteiger partial charge in [0.2, 0.25) is 0 Å². The summed E-state index contributed by atoms with van der Waals surface area (Å²) >= 11 is 0. The van der Waals surface area contributed by atoms with Gasteiger partial charge in [-0.2, -0.15) is 0 Å². The van der Waals surface area contributed by atoms with Gasteiger partial charge in [0.05, 0.1) is 0 Å². The molecule has 0 saturated heterocycles. The highest BCUT2D eigenvalue weighted by Crippen LogP contribution is 2.39. The number of nitrogens with two attached hydrogens (primary N) is 1.